The van der Waals surface area contributed by atoms with Crippen molar-refractivity contribution < 1.29 is 9.59 Å². The number of rotatable bonds is 5. The van der Waals surface area contributed by atoms with Crippen molar-refractivity contribution in [3.05, 3.63) is 58.6 Å². The third-order valence-electron chi connectivity index (χ3n) is 3.80. The van der Waals surface area contributed by atoms with E-state index in [0.717, 1.165) is 16.8 Å². The molecule has 0 bridgehead atoms. The lowest BCUT2D eigenvalue weighted by atomic mass is 10.1. The first-order valence-electron chi connectivity index (χ1n) is 7.79. The van der Waals surface area contributed by atoms with Crippen LogP contribution >= 0.6 is 11.6 Å². The molecule has 0 spiro atoms. The molecule has 1 N–H and O–H groups in total. The van der Waals surface area contributed by atoms with Crippen molar-refractivity contribution in [2.24, 2.45) is 0 Å². The zero-order valence-electron chi connectivity index (χ0n) is 14.1. The number of hydrogen-bond donors (Lipinski definition) is 1. The topological polar surface area (TPSA) is 49.4 Å². The molecule has 4 nitrogen and oxygen atoms in total. The smallest absolute Gasteiger partial charge is 0.226 e. The van der Waals surface area contributed by atoms with Gasteiger partial charge in [0.2, 0.25) is 11.8 Å². The molecule has 0 fully saturated rings. The number of hydrogen-bond acceptors (Lipinski definition) is 2. The van der Waals surface area contributed by atoms with Gasteiger partial charge in [0.25, 0.3) is 0 Å². The van der Waals surface area contributed by atoms with Crippen LogP contribution in [0.25, 0.3) is 0 Å². The van der Waals surface area contributed by atoms with Gasteiger partial charge in [0.05, 0.1) is 10.7 Å². The highest BCUT2D eigenvalue weighted by molar-refractivity contribution is 6.33. The van der Waals surface area contributed by atoms with Gasteiger partial charge in [0.15, 0.2) is 0 Å². The molecule has 2 aromatic rings. The first-order valence-corrected chi connectivity index (χ1v) is 8.16. The average molecular weight is 345 g/mol. The molecule has 24 heavy (non-hydrogen) atoms. The average Bonchev–Trinajstić information content (AvgIpc) is 2.52. The molecule has 0 aromatic heterocycles. The molecule has 0 saturated heterocycles. The Bertz CT molecular complexity index is 739. The highest BCUT2D eigenvalue weighted by Crippen LogP contribution is 2.25. The minimum atomic E-state index is -0.180. The standard InChI is InChI=1S/C19H21ClN2O2/c1-13-7-6-8-14(2)19(13)22(15(3)23)12-11-18(24)21-17-10-5-4-9-16(17)20/h4-10H,11-12H2,1-3H3,(H,21,24). The zero-order chi connectivity index (χ0) is 17.7. The normalized spacial score (nSPS) is 10.3. The van der Waals surface area contributed by atoms with E-state index in [4.69, 9.17) is 11.6 Å². The van der Waals surface area contributed by atoms with Crippen LogP contribution in [0.15, 0.2) is 42.5 Å². The van der Waals surface area contributed by atoms with Crippen LogP contribution in [0.2, 0.25) is 5.02 Å². The van der Waals surface area contributed by atoms with E-state index in [2.05, 4.69) is 5.32 Å². The van der Waals surface area contributed by atoms with Crippen molar-refractivity contribution >= 4 is 34.8 Å². The number of nitrogens with zero attached hydrogens (tertiary/aromatic N) is 1. The van der Waals surface area contributed by atoms with Crippen LogP contribution in [0.3, 0.4) is 0 Å². The fourth-order valence-corrected chi connectivity index (χ4v) is 2.83. The Morgan fingerprint density at radius 1 is 1.04 bits per heavy atom. The van der Waals surface area contributed by atoms with Gasteiger partial charge in [-0.25, -0.2) is 0 Å². The lowest BCUT2D eigenvalue weighted by Gasteiger charge is -2.25. The first-order chi connectivity index (χ1) is 11.4. The summed E-state index contributed by atoms with van der Waals surface area (Å²) < 4.78 is 0. The Hall–Kier alpha value is -2.33. The molecule has 2 aromatic carbocycles. The molecule has 0 aliphatic carbocycles. The fourth-order valence-electron chi connectivity index (χ4n) is 2.65. The minimum absolute atomic E-state index is 0.0852. The molecule has 0 heterocycles. The summed E-state index contributed by atoms with van der Waals surface area (Å²) in [6.07, 6.45) is 0.193. The number of carbonyl (C=O) groups is 2. The van der Waals surface area contributed by atoms with Crippen molar-refractivity contribution in [1.29, 1.82) is 0 Å². The molecule has 0 aliphatic rings. The number of anilines is 2. The summed E-state index contributed by atoms with van der Waals surface area (Å²) >= 11 is 6.04. The van der Waals surface area contributed by atoms with Crippen molar-refractivity contribution in [1.82, 2.24) is 0 Å². The number of halogens is 1. The van der Waals surface area contributed by atoms with Crippen LogP contribution in [0.5, 0.6) is 0 Å². The predicted octanol–water partition coefficient (Wildman–Crippen LogP) is 4.34. The summed E-state index contributed by atoms with van der Waals surface area (Å²) in [7, 11) is 0. The van der Waals surface area contributed by atoms with Crippen LogP contribution in [0, 0.1) is 13.8 Å². The second-order valence-corrected chi connectivity index (χ2v) is 6.10. The highest BCUT2D eigenvalue weighted by atomic mass is 35.5. The molecule has 126 valence electrons. The van der Waals surface area contributed by atoms with Crippen LogP contribution in [0.1, 0.15) is 24.5 Å². The van der Waals surface area contributed by atoms with E-state index in [9.17, 15) is 9.59 Å². The van der Waals surface area contributed by atoms with Gasteiger partial charge < -0.3 is 10.2 Å². The highest BCUT2D eigenvalue weighted by Gasteiger charge is 2.17. The quantitative estimate of drug-likeness (QED) is 0.877. The molecular formula is C19H21ClN2O2. The van der Waals surface area contributed by atoms with Crippen molar-refractivity contribution in [2.45, 2.75) is 27.2 Å². The van der Waals surface area contributed by atoms with E-state index in [-0.39, 0.29) is 18.2 Å². The number of carbonyl (C=O) groups excluding carboxylic acids is 2. The second-order valence-electron chi connectivity index (χ2n) is 5.69. The Balaban J connectivity index is 2.08. The second kappa shape index (κ2) is 7.97. The lowest BCUT2D eigenvalue weighted by Crippen LogP contribution is -2.33. The summed E-state index contributed by atoms with van der Waals surface area (Å²) in [6.45, 7) is 5.75. The van der Waals surface area contributed by atoms with Crippen molar-refractivity contribution in [2.75, 3.05) is 16.8 Å². The van der Waals surface area contributed by atoms with Gasteiger partial charge in [-0.1, -0.05) is 41.9 Å². The van der Waals surface area contributed by atoms with Crippen LogP contribution in [-0.4, -0.2) is 18.4 Å². The van der Waals surface area contributed by atoms with Crippen LogP contribution in [0.4, 0.5) is 11.4 Å². The maximum absolute atomic E-state index is 12.2. The van der Waals surface area contributed by atoms with E-state index < -0.39 is 0 Å². The van der Waals surface area contributed by atoms with Crippen LogP contribution in [-0.2, 0) is 9.59 Å². The summed E-state index contributed by atoms with van der Waals surface area (Å²) in [4.78, 5) is 25.9. The van der Waals surface area contributed by atoms with Gasteiger partial charge in [-0.3, -0.25) is 9.59 Å². The maximum Gasteiger partial charge on any atom is 0.226 e. The number of benzene rings is 2. The SMILES string of the molecule is CC(=O)N(CCC(=O)Nc1ccccc1Cl)c1c(C)cccc1C. The number of amides is 2. The van der Waals surface area contributed by atoms with Crippen molar-refractivity contribution in [3.63, 3.8) is 0 Å². The Labute approximate surface area is 147 Å². The molecular weight excluding hydrogens is 324 g/mol. The fraction of sp³-hybridized carbons (Fsp3) is 0.263. The lowest BCUT2D eigenvalue weighted by molar-refractivity contribution is -0.117. The summed E-state index contributed by atoms with van der Waals surface area (Å²) in [6, 6.07) is 12.9. The Morgan fingerprint density at radius 2 is 1.67 bits per heavy atom. The first kappa shape index (κ1) is 18.0. The van der Waals surface area contributed by atoms with E-state index in [1.807, 2.05) is 32.0 Å². The third kappa shape index (κ3) is 4.36. The van der Waals surface area contributed by atoms with Crippen molar-refractivity contribution in [3.8, 4) is 0 Å². The maximum atomic E-state index is 12.2. The van der Waals surface area contributed by atoms with Gasteiger partial charge in [-0.15, -0.1) is 0 Å². The van der Waals surface area contributed by atoms with E-state index >= 15 is 0 Å². The molecule has 0 saturated carbocycles. The number of nitrogens with one attached hydrogen (secondary N) is 1. The summed E-state index contributed by atoms with van der Waals surface area (Å²) in [5, 5.41) is 3.27. The monoisotopic (exact) mass is 344 g/mol. The van der Waals surface area contributed by atoms with E-state index in [1.165, 1.54) is 6.92 Å². The Kier molecular flexibility index (Phi) is 5.99. The molecule has 2 rings (SSSR count). The molecule has 0 radical (unpaired) electrons. The van der Waals surface area contributed by atoms with E-state index in [1.54, 1.807) is 29.2 Å². The number of para-hydroxylation sites is 2. The zero-order valence-corrected chi connectivity index (χ0v) is 14.9. The molecule has 0 atom stereocenters. The minimum Gasteiger partial charge on any atom is -0.325 e. The Morgan fingerprint density at radius 3 is 2.25 bits per heavy atom. The molecule has 5 heteroatoms. The van der Waals surface area contributed by atoms with Gasteiger partial charge in [-0.05, 0) is 37.1 Å². The van der Waals surface area contributed by atoms with Crippen LogP contribution < -0.4 is 10.2 Å². The molecule has 0 aliphatic heterocycles. The van der Waals surface area contributed by atoms with Gasteiger partial charge >= 0.3 is 0 Å². The van der Waals surface area contributed by atoms with Gasteiger partial charge in [-0.2, -0.15) is 0 Å². The van der Waals surface area contributed by atoms with Gasteiger partial charge in [0.1, 0.15) is 0 Å². The van der Waals surface area contributed by atoms with E-state index in [0.29, 0.717) is 17.3 Å². The third-order valence-corrected chi connectivity index (χ3v) is 4.13. The number of aryl methyl sites for hydroxylation is 2. The summed E-state index contributed by atoms with van der Waals surface area (Å²) in [5.74, 6) is -0.265. The predicted molar refractivity (Wildman–Crippen MR) is 98.6 cm³/mol. The van der Waals surface area contributed by atoms with Gasteiger partial charge in [0, 0.05) is 25.6 Å². The summed E-state index contributed by atoms with van der Waals surface area (Å²) in [5.41, 5.74) is 3.47. The molecule has 2 amide bonds. The molecule has 0 unspecified atom stereocenters. The largest absolute Gasteiger partial charge is 0.325 e.